The van der Waals surface area contributed by atoms with E-state index in [1.807, 2.05) is 0 Å². The third-order valence-corrected chi connectivity index (χ3v) is 1.27. The summed E-state index contributed by atoms with van der Waals surface area (Å²) in [6.45, 7) is 6.01. The fourth-order valence-electron chi connectivity index (χ4n) is 0.230. The van der Waals surface area contributed by atoms with Gasteiger partial charge >= 0.3 is 10.4 Å². The van der Waals surface area contributed by atoms with Crippen molar-refractivity contribution in [3.8, 4) is 0 Å². The van der Waals surface area contributed by atoms with Crippen molar-refractivity contribution in [1.82, 2.24) is 0 Å². The second-order valence-electron chi connectivity index (χ2n) is 2.14. The van der Waals surface area contributed by atoms with E-state index in [4.69, 9.17) is 9.29 Å². The highest BCUT2D eigenvalue weighted by Crippen LogP contribution is 2.04. The SMILES string of the molecule is C=CCOS(=O)(=O)O.CC1CO1. The molecule has 1 unspecified atom stereocenters. The topological polar surface area (TPSA) is 76.1 Å². The van der Waals surface area contributed by atoms with E-state index in [-0.39, 0.29) is 6.61 Å². The van der Waals surface area contributed by atoms with E-state index < -0.39 is 10.4 Å². The molecular weight excluding hydrogens is 184 g/mol. The maximum absolute atomic E-state index is 9.68. The van der Waals surface area contributed by atoms with Crippen LogP contribution in [0.4, 0.5) is 0 Å². The van der Waals surface area contributed by atoms with Gasteiger partial charge in [-0.15, -0.1) is 6.58 Å². The first kappa shape index (κ1) is 11.6. The van der Waals surface area contributed by atoms with Crippen molar-refractivity contribution in [2.75, 3.05) is 13.2 Å². The summed E-state index contributed by atoms with van der Waals surface area (Å²) in [5, 5.41) is 0. The van der Waals surface area contributed by atoms with Gasteiger partial charge in [-0.25, -0.2) is 4.18 Å². The van der Waals surface area contributed by atoms with Gasteiger partial charge in [0.25, 0.3) is 0 Å². The molecule has 72 valence electrons. The molecule has 0 aromatic rings. The summed E-state index contributed by atoms with van der Waals surface area (Å²) in [4.78, 5) is 0. The second-order valence-corrected chi connectivity index (χ2v) is 3.24. The number of ether oxygens (including phenoxy) is 1. The maximum Gasteiger partial charge on any atom is 0.397 e. The Morgan fingerprint density at radius 1 is 1.83 bits per heavy atom. The third kappa shape index (κ3) is 12.3. The molecule has 5 nitrogen and oxygen atoms in total. The molecule has 1 rings (SSSR count). The van der Waals surface area contributed by atoms with Crippen LogP contribution in [0.1, 0.15) is 6.92 Å². The van der Waals surface area contributed by atoms with E-state index >= 15 is 0 Å². The zero-order valence-corrected chi connectivity index (χ0v) is 7.58. The fraction of sp³-hybridized carbons (Fsp3) is 0.667. The van der Waals surface area contributed by atoms with Crippen LogP contribution in [-0.4, -0.2) is 32.3 Å². The molecule has 1 aliphatic rings. The van der Waals surface area contributed by atoms with E-state index in [1.165, 1.54) is 6.08 Å². The summed E-state index contributed by atoms with van der Waals surface area (Å²) in [6, 6.07) is 0. The van der Waals surface area contributed by atoms with E-state index in [0.29, 0.717) is 6.10 Å². The fourth-order valence-corrected chi connectivity index (χ4v) is 0.499. The average Bonchev–Trinajstić information content (AvgIpc) is 2.67. The molecule has 0 aliphatic carbocycles. The molecule has 1 saturated heterocycles. The van der Waals surface area contributed by atoms with Crippen molar-refractivity contribution in [1.29, 1.82) is 0 Å². The molecule has 6 heteroatoms. The Kier molecular flexibility index (Phi) is 5.07. The molecule has 0 saturated carbocycles. The van der Waals surface area contributed by atoms with Crippen LogP contribution < -0.4 is 0 Å². The van der Waals surface area contributed by atoms with Gasteiger partial charge in [-0.1, -0.05) is 6.08 Å². The average molecular weight is 196 g/mol. The van der Waals surface area contributed by atoms with Gasteiger partial charge in [0.2, 0.25) is 0 Å². The number of rotatable bonds is 3. The van der Waals surface area contributed by atoms with Crippen LogP contribution in [0.2, 0.25) is 0 Å². The number of hydrogen-bond donors (Lipinski definition) is 1. The zero-order valence-electron chi connectivity index (χ0n) is 6.76. The minimum atomic E-state index is -4.26. The molecule has 0 spiro atoms. The summed E-state index contributed by atoms with van der Waals surface area (Å²) in [5.74, 6) is 0. The highest BCUT2D eigenvalue weighted by Gasteiger charge is 2.13. The third-order valence-electron chi connectivity index (χ3n) is 0.835. The predicted octanol–water partition coefficient (Wildman–Crippen LogP) is 0.397. The summed E-state index contributed by atoms with van der Waals surface area (Å²) < 4.78 is 35.7. The van der Waals surface area contributed by atoms with Crippen LogP contribution in [0.15, 0.2) is 12.7 Å². The standard InChI is InChI=1S/C3H6O4S.C3H6O/c1-2-3-7-8(4,5)6;1-3-2-4-3/h2H,1,3H2,(H,4,5,6);3H,2H2,1H3. The van der Waals surface area contributed by atoms with E-state index in [1.54, 1.807) is 0 Å². The van der Waals surface area contributed by atoms with Gasteiger partial charge in [0.15, 0.2) is 0 Å². The van der Waals surface area contributed by atoms with E-state index in [0.717, 1.165) is 6.61 Å². The molecule has 0 aromatic heterocycles. The van der Waals surface area contributed by atoms with Gasteiger partial charge in [-0.3, -0.25) is 4.55 Å². The second kappa shape index (κ2) is 5.26. The van der Waals surface area contributed by atoms with Crippen LogP contribution in [-0.2, 0) is 19.3 Å². The molecule has 1 fully saturated rings. The lowest BCUT2D eigenvalue weighted by molar-refractivity contribution is 0.296. The Bertz CT molecular complexity index is 216. The molecule has 1 aliphatic heterocycles. The molecule has 1 heterocycles. The Labute approximate surface area is 71.9 Å². The Morgan fingerprint density at radius 3 is 2.33 bits per heavy atom. The van der Waals surface area contributed by atoms with Crippen molar-refractivity contribution < 1.29 is 21.9 Å². The monoisotopic (exact) mass is 196 g/mol. The summed E-state index contributed by atoms with van der Waals surface area (Å²) in [6.07, 6.45) is 1.80. The van der Waals surface area contributed by atoms with Crippen LogP contribution >= 0.6 is 0 Å². The van der Waals surface area contributed by atoms with Crippen molar-refractivity contribution >= 4 is 10.4 Å². The van der Waals surface area contributed by atoms with Gasteiger partial charge in [-0.2, -0.15) is 8.42 Å². The molecule has 1 atom stereocenters. The smallest absolute Gasteiger partial charge is 0.373 e. The van der Waals surface area contributed by atoms with Crippen molar-refractivity contribution in [3.05, 3.63) is 12.7 Å². The minimum Gasteiger partial charge on any atom is -0.373 e. The lowest BCUT2D eigenvalue weighted by Gasteiger charge is -1.90. The summed E-state index contributed by atoms with van der Waals surface area (Å²) in [5.41, 5.74) is 0. The molecule has 1 N–H and O–H groups in total. The van der Waals surface area contributed by atoms with Gasteiger partial charge in [0.1, 0.15) is 0 Å². The lowest BCUT2D eigenvalue weighted by atomic mass is 10.6. The normalized spacial score (nSPS) is 20.7. The number of epoxide rings is 1. The first-order valence-electron chi connectivity index (χ1n) is 3.30. The van der Waals surface area contributed by atoms with E-state index in [2.05, 4.69) is 17.7 Å². The highest BCUT2D eigenvalue weighted by atomic mass is 32.3. The Hall–Kier alpha value is -0.430. The molecule has 0 amide bonds. The first-order valence-corrected chi connectivity index (χ1v) is 4.66. The minimum absolute atomic E-state index is 0.196. The van der Waals surface area contributed by atoms with Gasteiger partial charge < -0.3 is 4.74 Å². The van der Waals surface area contributed by atoms with Gasteiger partial charge in [0.05, 0.1) is 19.3 Å². The predicted molar refractivity (Wildman–Crippen MR) is 43.1 cm³/mol. The van der Waals surface area contributed by atoms with Gasteiger partial charge in [0, 0.05) is 0 Å². The first-order chi connectivity index (χ1) is 5.45. The Morgan fingerprint density at radius 2 is 2.25 bits per heavy atom. The van der Waals surface area contributed by atoms with Crippen LogP contribution in [0.25, 0.3) is 0 Å². The maximum atomic E-state index is 9.68. The van der Waals surface area contributed by atoms with Crippen molar-refractivity contribution in [3.63, 3.8) is 0 Å². The highest BCUT2D eigenvalue weighted by molar-refractivity contribution is 7.80. The molecule has 0 aromatic carbocycles. The zero-order chi connectivity index (χ0) is 9.61. The molecule has 12 heavy (non-hydrogen) atoms. The quantitative estimate of drug-likeness (QED) is 0.401. The largest absolute Gasteiger partial charge is 0.397 e. The van der Waals surface area contributed by atoms with Crippen LogP contribution in [0, 0.1) is 0 Å². The summed E-state index contributed by atoms with van der Waals surface area (Å²) >= 11 is 0. The van der Waals surface area contributed by atoms with E-state index in [9.17, 15) is 8.42 Å². The lowest BCUT2D eigenvalue weighted by Crippen LogP contribution is -2.02. The van der Waals surface area contributed by atoms with Gasteiger partial charge in [-0.05, 0) is 6.92 Å². The molecule has 0 bridgehead atoms. The Balaban J connectivity index is 0.000000247. The number of hydrogen-bond acceptors (Lipinski definition) is 4. The molecular formula is C6H12O5S. The summed E-state index contributed by atoms with van der Waals surface area (Å²) in [7, 11) is -4.26. The van der Waals surface area contributed by atoms with Crippen molar-refractivity contribution in [2.45, 2.75) is 13.0 Å². The van der Waals surface area contributed by atoms with Crippen LogP contribution in [0.5, 0.6) is 0 Å². The van der Waals surface area contributed by atoms with Crippen molar-refractivity contribution in [2.24, 2.45) is 0 Å². The molecule has 0 radical (unpaired) electrons. The van der Waals surface area contributed by atoms with Crippen LogP contribution in [0.3, 0.4) is 0 Å².